The summed E-state index contributed by atoms with van der Waals surface area (Å²) in [6.07, 6.45) is 0.382. The molecule has 2 aromatic rings. The van der Waals surface area contributed by atoms with Gasteiger partial charge in [0.15, 0.2) is 0 Å². The maximum atomic E-state index is 11.3. The van der Waals surface area contributed by atoms with Gasteiger partial charge in [0.1, 0.15) is 11.9 Å². The molecule has 0 aromatic heterocycles. The molecule has 1 atom stereocenters. The predicted octanol–water partition coefficient (Wildman–Crippen LogP) is 3.54. The molecule has 0 saturated carbocycles. The number of rotatable bonds is 5. The van der Waals surface area contributed by atoms with Gasteiger partial charge in [-0.3, -0.25) is 4.79 Å². The molecule has 20 heavy (non-hydrogen) atoms. The average Bonchev–Trinajstić information content (AvgIpc) is 2.47. The van der Waals surface area contributed by atoms with Crippen LogP contribution in [0.1, 0.15) is 24.2 Å². The summed E-state index contributed by atoms with van der Waals surface area (Å²) >= 11 is 0. The van der Waals surface area contributed by atoms with Crippen LogP contribution < -0.4 is 4.74 Å². The van der Waals surface area contributed by atoms with E-state index in [-0.39, 0.29) is 12.1 Å². The zero-order valence-electron chi connectivity index (χ0n) is 11.7. The van der Waals surface area contributed by atoms with Gasteiger partial charge in [-0.15, -0.1) is 0 Å². The lowest BCUT2D eigenvalue weighted by Crippen LogP contribution is -2.11. The van der Waals surface area contributed by atoms with Gasteiger partial charge in [0, 0.05) is 13.3 Å². The standard InChI is InChI=1S/C17H18O3/c1-13(18)20-17(12-14-6-4-3-5-7-14)15-8-10-16(19-2)11-9-15/h3-11,17H,12H2,1-2H3/t17-/m1/s1. The lowest BCUT2D eigenvalue weighted by Gasteiger charge is -2.18. The summed E-state index contributed by atoms with van der Waals surface area (Å²) in [5, 5.41) is 0. The summed E-state index contributed by atoms with van der Waals surface area (Å²) in [6.45, 7) is 1.43. The Bertz CT molecular complexity index is 546. The Morgan fingerprint density at radius 2 is 1.70 bits per heavy atom. The largest absolute Gasteiger partial charge is 0.497 e. The number of hydrogen-bond acceptors (Lipinski definition) is 3. The molecule has 0 spiro atoms. The Hall–Kier alpha value is -2.29. The van der Waals surface area contributed by atoms with Crippen LogP contribution in [0.2, 0.25) is 0 Å². The molecule has 0 heterocycles. The second-order valence-electron chi connectivity index (χ2n) is 4.56. The number of esters is 1. The summed E-state index contributed by atoms with van der Waals surface area (Å²) in [5.74, 6) is 0.511. The van der Waals surface area contributed by atoms with E-state index in [0.29, 0.717) is 6.42 Å². The van der Waals surface area contributed by atoms with Crippen molar-refractivity contribution in [1.82, 2.24) is 0 Å². The summed E-state index contributed by atoms with van der Waals surface area (Å²) in [6, 6.07) is 17.6. The van der Waals surface area contributed by atoms with Gasteiger partial charge in [-0.05, 0) is 23.3 Å². The fraction of sp³-hybridized carbons (Fsp3) is 0.235. The molecular formula is C17H18O3. The molecular weight excluding hydrogens is 252 g/mol. The van der Waals surface area contributed by atoms with E-state index >= 15 is 0 Å². The molecule has 2 rings (SSSR count). The van der Waals surface area contributed by atoms with Crippen LogP contribution in [0.5, 0.6) is 5.75 Å². The number of hydrogen-bond donors (Lipinski definition) is 0. The molecule has 0 aliphatic rings. The van der Waals surface area contributed by atoms with Gasteiger partial charge in [0.05, 0.1) is 7.11 Å². The third-order valence-electron chi connectivity index (χ3n) is 3.06. The molecule has 3 heteroatoms. The van der Waals surface area contributed by atoms with E-state index in [1.807, 2.05) is 54.6 Å². The van der Waals surface area contributed by atoms with E-state index in [2.05, 4.69) is 0 Å². The SMILES string of the molecule is COc1ccc([C@@H](Cc2ccccc2)OC(C)=O)cc1. The number of methoxy groups -OCH3 is 1. The zero-order valence-corrected chi connectivity index (χ0v) is 11.7. The molecule has 0 aliphatic heterocycles. The maximum absolute atomic E-state index is 11.3. The van der Waals surface area contributed by atoms with Crippen molar-refractivity contribution >= 4 is 5.97 Å². The molecule has 0 aliphatic carbocycles. The van der Waals surface area contributed by atoms with Crippen molar-refractivity contribution in [3.05, 3.63) is 65.7 Å². The van der Waals surface area contributed by atoms with Crippen molar-refractivity contribution < 1.29 is 14.3 Å². The fourth-order valence-corrected chi connectivity index (χ4v) is 2.07. The van der Waals surface area contributed by atoms with E-state index in [0.717, 1.165) is 16.9 Å². The van der Waals surface area contributed by atoms with Gasteiger partial charge in [-0.1, -0.05) is 42.5 Å². The summed E-state index contributed by atoms with van der Waals surface area (Å²) in [4.78, 5) is 11.3. The third kappa shape index (κ3) is 3.85. The highest BCUT2D eigenvalue weighted by Crippen LogP contribution is 2.24. The monoisotopic (exact) mass is 270 g/mol. The lowest BCUT2D eigenvalue weighted by atomic mass is 10.0. The lowest BCUT2D eigenvalue weighted by molar-refractivity contribution is -0.146. The number of ether oxygens (including phenoxy) is 2. The third-order valence-corrected chi connectivity index (χ3v) is 3.06. The van der Waals surface area contributed by atoms with Gasteiger partial charge in [-0.2, -0.15) is 0 Å². The number of carbonyl (C=O) groups is 1. The van der Waals surface area contributed by atoms with Crippen LogP contribution in [0.4, 0.5) is 0 Å². The highest BCUT2D eigenvalue weighted by molar-refractivity contribution is 5.66. The molecule has 0 unspecified atom stereocenters. The van der Waals surface area contributed by atoms with Gasteiger partial charge in [-0.25, -0.2) is 0 Å². The van der Waals surface area contributed by atoms with E-state index in [4.69, 9.17) is 9.47 Å². The van der Waals surface area contributed by atoms with Crippen molar-refractivity contribution in [2.45, 2.75) is 19.4 Å². The average molecular weight is 270 g/mol. The molecule has 0 N–H and O–H groups in total. The highest BCUT2D eigenvalue weighted by Gasteiger charge is 2.15. The predicted molar refractivity (Wildman–Crippen MR) is 77.6 cm³/mol. The maximum Gasteiger partial charge on any atom is 0.303 e. The Kier molecular flexibility index (Phi) is 4.77. The van der Waals surface area contributed by atoms with Gasteiger partial charge in [0.25, 0.3) is 0 Å². The van der Waals surface area contributed by atoms with Crippen LogP contribution in [-0.2, 0) is 16.0 Å². The summed E-state index contributed by atoms with van der Waals surface area (Å²) in [7, 11) is 1.63. The first-order chi connectivity index (χ1) is 9.69. The minimum absolute atomic E-state index is 0.276. The topological polar surface area (TPSA) is 35.5 Å². The van der Waals surface area contributed by atoms with Crippen LogP contribution in [-0.4, -0.2) is 13.1 Å². The molecule has 0 amide bonds. The Balaban J connectivity index is 2.19. The summed E-state index contributed by atoms with van der Waals surface area (Å²) in [5.41, 5.74) is 2.10. The molecule has 104 valence electrons. The van der Waals surface area contributed by atoms with E-state index in [1.54, 1.807) is 7.11 Å². The van der Waals surface area contributed by atoms with E-state index < -0.39 is 0 Å². The minimum atomic E-state index is -0.277. The van der Waals surface area contributed by atoms with E-state index in [1.165, 1.54) is 6.92 Å². The smallest absolute Gasteiger partial charge is 0.303 e. The first-order valence-electron chi connectivity index (χ1n) is 6.54. The van der Waals surface area contributed by atoms with Crippen LogP contribution >= 0.6 is 0 Å². The Morgan fingerprint density at radius 3 is 2.25 bits per heavy atom. The second-order valence-corrected chi connectivity index (χ2v) is 4.56. The van der Waals surface area contributed by atoms with Crippen molar-refractivity contribution in [1.29, 1.82) is 0 Å². The number of benzene rings is 2. The van der Waals surface area contributed by atoms with Crippen LogP contribution in [0.25, 0.3) is 0 Å². The number of carbonyl (C=O) groups excluding carboxylic acids is 1. The molecule has 3 nitrogen and oxygen atoms in total. The zero-order chi connectivity index (χ0) is 14.4. The van der Waals surface area contributed by atoms with Crippen LogP contribution in [0.15, 0.2) is 54.6 Å². The minimum Gasteiger partial charge on any atom is -0.497 e. The van der Waals surface area contributed by atoms with Crippen molar-refractivity contribution in [2.75, 3.05) is 7.11 Å². The van der Waals surface area contributed by atoms with Crippen molar-refractivity contribution in [3.63, 3.8) is 0 Å². The van der Waals surface area contributed by atoms with Crippen LogP contribution in [0, 0.1) is 0 Å². The molecule has 0 fully saturated rings. The normalized spacial score (nSPS) is 11.7. The molecule has 0 saturated heterocycles. The molecule has 0 radical (unpaired) electrons. The van der Waals surface area contributed by atoms with Crippen LogP contribution in [0.3, 0.4) is 0 Å². The van der Waals surface area contributed by atoms with Crippen molar-refractivity contribution in [3.8, 4) is 5.75 Å². The van der Waals surface area contributed by atoms with Gasteiger partial charge in [0.2, 0.25) is 0 Å². The van der Waals surface area contributed by atoms with E-state index in [9.17, 15) is 4.79 Å². The van der Waals surface area contributed by atoms with Crippen molar-refractivity contribution in [2.24, 2.45) is 0 Å². The van der Waals surface area contributed by atoms with Gasteiger partial charge < -0.3 is 9.47 Å². The van der Waals surface area contributed by atoms with Gasteiger partial charge >= 0.3 is 5.97 Å². The first-order valence-corrected chi connectivity index (χ1v) is 6.54. The quantitative estimate of drug-likeness (QED) is 0.779. The highest BCUT2D eigenvalue weighted by atomic mass is 16.5. The molecule has 2 aromatic carbocycles. The molecule has 0 bridgehead atoms. The summed E-state index contributed by atoms with van der Waals surface area (Å²) < 4.78 is 10.6. The second kappa shape index (κ2) is 6.75. The Labute approximate surface area is 119 Å². The fourth-order valence-electron chi connectivity index (χ4n) is 2.07. The first kappa shape index (κ1) is 14.1. The Morgan fingerprint density at radius 1 is 1.05 bits per heavy atom.